The van der Waals surface area contributed by atoms with E-state index in [1.54, 1.807) is 14.2 Å². The number of methoxy groups -OCH3 is 2. The van der Waals surface area contributed by atoms with Gasteiger partial charge in [0.15, 0.2) is 11.5 Å². The van der Waals surface area contributed by atoms with Crippen LogP contribution in [0.5, 0.6) is 17.2 Å². The Hall–Kier alpha value is -1.76. The first-order valence-electron chi connectivity index (χ1n) is 9.08. The third-order valence-electron chi connectivity index (χ3n) is 4.78. The second-order valence-electron chi connectivity index (χ2n) is 6.88. The molecule has 1 unspecified atom stereocenters. The molecule has 146 valence electrons. The highest BCUT2D eigenvalue weighted by atomic mass is 79.9. The number of benzene rings is 2. The second-order valence-corrected chi connectivity index (χ2v) is 7.79. The molecule has 1 N–H and O–H groups in total. The summed E-state index contributed by atoms with van der Waals surface area (Å²) >= 11 is 3.58. The fraction of sp³-hybridized carbons (Fsp3) is 0.429. The van der Waals surface area contributed by atoms with Crippen LogP contribution in [0.2, 0.25) is 0 Å². The van der Waals surface area contributed by atoms with Gasteiger partial charge in [-0.2, -0.15) is 0 Å². The number of fused-ring (bicyclic) bond motifs is 1. The van der Waals surface area contributed by atoms with Gasteiger partial charge >= 0.3 is 0 Å². The molecule has 1 heterocycles. The van der Waals surface area contributed by atoms with Crippen LogP contribution < -0.4 is 19.5 Å². The number of hydrogen-bond acceptors (Lipinski definition) is 5. The van der Waals surface area contributed by atoms with E-state index in [1.807, 2.05) is 26.2 Å². The average molecular weight is 435 g/mol. The van der Waals surface area contributed by atoms with Gasteiger partial charge in [-0.3, -0.25) is 0 Å². The molecule has 0 aliphatic carbocycles. The van der Waals surface area contributed by atoms with Gasteiger partial charge in [0, 0.05) is 23.1 Å². The molecule has 1 atom stereocenters. The zero-order chi connectivity index (χ0) is 19.4. The lowest BCUT2D eigenvalue weighted by molar-refractivity contribution is 0.250. The first-order chi connectivity index (χ1) is 13.0. The van der Waals surface area contributed by atoms with Crippen molar-refractivity contribution in [3.05, 3.63) is 51.5 Å². The first kappa shape index (κ1) is 20.0. The van der Waals surface area contributed by atoms with Crippen molar-refractivity contribution in [1.29, 1.82) is 0 Å². The van der Waals surface area contributed by atoms with Crippen molar-refractivity contribution < 1.29 is 14.2 Å². The molecule has 0 spiro atoms. The molecule has 3 rings (SSSR count). The van der Waals surface area contributed by atoms with Crippen LogP contribution in [-0.2, 0) is 6.42 Å². The van der Waals surface area contributed by atoms with E-state index >= 15 is 0 Å². The third kappa shape index (κ3) is 4.57. The van der Waals surface area contributed by atoms with Crippen LogP contribution in [-0.4, -0.2) is 52.9 Å². The molecule has 27 heavy (non-hydrogen) atoms. The van der Waals surface area contributed by atoms with Gasteiger partial charge in [0.05, 0.1) is 20.3 Å². The summed E-state index contributed by atoms with van der Waals surface area (Å²) in [6.45, 7) is 2.36. The molecule has 0 bridgehead atoms. The van der Waals surface area contributed by atoms with Crippen molar-refractivity contribution in [1.82, 2.24) is 10.2 Å². The Labute approximate surface area is 169 Å². The first-order valence-corrected chi connectivity index (χ1v) is 9.88. The van der Waals surface area contributed by atoms with E-state index in [0.29, 0.717) is 6.61 Å². The van der Waals surface area contributed by atoms with Crippen LogP contribution in [0.25, 0.3) is 0 Å². The van der Waals surface area contributed by atoms with E-state index in [4.69, 9.17) is 14.2 Å². The molecule has 0 amide bonds. The van der Waals surface area contributed by atoms with E-state index in [1.165, 1.54) is 11.1 Å². The van der Waals surface area contributed by atoms with Gasteiger partial charge in [-0.25, -0.2) is 0 Å². The predicted octanol–water partition coefficient (Wildman–Crippen LogP) is 3.64. The second kappa shape index (κ2) is 8.95. The molecule has 0 radical (unpaired) electrons. The molecule has 2 aromatic carbocycles. The van der Waals surface area contributed by atoms with Gasteiger partial charge in [-0.1, -0.05) is 15.9 Å². The highest BCUT2D eigenvalue weighted by molar-refractivity contribution is 9.10. The summed E-state index contributed by atoms with van der Waals surface area (Å²) in [5.74, 6) is 2.43. The molecule has 2 aromatic rings. The van der Waals surface area contributed by atoms with Gasteiger partial charge < -0.3 is 24.4 Å². The van der Waals surface area contributed by atoms with E-state index in [9.17, 15) is 0 Å². The smallest absolute Gasteiger partial charge is 0.161 e. The normalized spacial score (nSPS) is 16.1. The van der Waals surface area contributed by atoms with E-state index in [-0.39, 0.29) is 6.04 Å². The highest BCUT2D eigenvalue weighted by Crippen LogP contribution is 2.40. The van der Waals surface area contributed by atoms with Gasteiger partial charge in [0.2, 0.25) is 0 Å². The molecule has 1 aliphatic rings. The summed E-state index contributed by atoms with van der Waals surface area (Å²) in [5, 5.41) is 3.63. The Bertz CT molecular complexity index is 795. The molecule has 0 saturated carbocycles. The van der Waals surface area contributed by atoms with Gasteiger partial charge in [0.1, 0.15) is 12.4 Å². The number of nitrogens with zero attached hydrogens (tertiary/aromatic N) is 1. The Balaban J connectivity index is 2.00. The minimum Gasteiger partial charge on any atom is -0.496 e. The molecule has 6 heteroatoms. The Morgan fingerprint density at radius 1 is 1.04 bits per heavy atom. The molecule has 1 aliphatic heterocycles. The standard InChI is InChI=1S/C21H27BrN2O3/c1-24(2)9-10-27-20-13-16-14(11-19(20)26-4)7-8-23-21(16)17-12-15(22)5-6-18(17)25-3/h5-6,11-13,21,23H,7-10H2,1-4H3. The molecule has 0 saturated heterocycles. The summed E-state index contributed by atoms with van der Waals surface area (Å²) in [7, 11) is 7.47. The number of halogens is 1. The summed E-state index contributed by atoms with van der Waals surface area (Å²) in [6.07, 6.45) is 0.955. The quantitative estimate of drug-likeness (QED) is 0.720. The minimum absolute atomic E-state index is 0.0447. The van der Waals surface area contributed by atoms with Crippen molar-refractivity contribution in [2.24, 2.45) is 0 Å². The van der Waals surface area contributed by atoms with E-state index < -0.39 is 0 Å². The van der Waals surface area contributed by atoms with Crippen molar-refractivity contribution in [2.75, 3.05) is 48.0 Å². The maximum Gasteiger partial charge on any atom is 0.161 e. The monoisotopic (exact) mass is 434 g/mol. The fourth-order valence-corrected chi connectivity index (χ4v) is 3.76. The van der Waals surface area contributed by atoms with Gasteiger partial charge in [-0.05, 0) is 62.0 Å². The zero-order valence-electron chi connectivity index (χ0n) is 16.3. The summed E-state index contributed by atoms with van der Waals surface area (Å²) in [5.41, 5.74) is 3.59. The highest BCUT2D eigenvalue weighted by Gasteiger charge is 2.26. The van der Waals surface area contributed by atoms with Crippen LogP contribution >= 0.6 is 15.9 Å². The largest absolute Gasteiger partial charge is 0.496 e. The van der Waals surface area contributed by atoms with Crippen LogP contribution in [0.3, 0.4) is 0 Å². The topological polar surface area (TPSA) is 43.0 Å². The Morgan fingerprint density at radius 2 is 1.81 bits per heavy atom. The number of ether oxygens (including phenoxy) is 3. The van der Waals surface area contributed by atoms with Crippen molar-refractivity contribution in [3.63, 3.8) is 0 Å². The van der Waals surface area contributed by atoms with E-state index in [0.717, 1.165) is 46.8 Å². The lowest BCUT2D eigenvalue weighted by Gasteiger charge is -2.30. The zero-order valence-corrected chi connectivity index (χ0v) is 17.9. The summed E-state index contributed by atoms with van der Waals surface area (Å²) in [6, 6.07) is 10.4. The van der Waals surface area contributed by atoms with Crippen molar-refractivity contribution >= 4 is 15.9 Å². The summed E-state index contributed by atoms with van der Waals surface area (Å²) < 4.78 is 18.3. The van der Waals surface area contributed by atoms with Crippen LogP contribution in [0.4, 0.5) is 0 Å². The van der Waals surface area contributed by atoms with Crippen LogP contribution in [0.1, 0.15) is 22.7 Å². The lowest BCUT2D eigenvalue weighted by atomic mass is 9.89. The number of rotatable bonds is 7. The van der Waals surface area contributed by atoms with E-state index in [2.05, 4.69) is 44.3 Å². The number of hydrogen-bond donors (Lipinski definition) is 1. The maximum absolute atomic E-state index is 6.03. The number of nitrogens with one attached hydrogen (secondary N) is 1. The number of likely N-dealkylation sites (N-methyl/N-ethyl adjacent to an activating group) is 1. The molecule has 5 nitrogen and oxygen atoms in total. The SMILES string of the molecule is COc1cc2c(cc1OCCN(C)C)C(c1cc(Br)ccc1OC)NCC2. The molecular formula is C21H27BrN2O3. The van der Waals surface area contributed by atoms with Crippen LogP contribution in [0, 0.1) is 0 Å². The van der Waals surface area contributed by atoms with Gasteiger partial charge in [0.25, 0.3) is 0 Å². The molecule has 0 fully saturated rings. The predicted molar refractivity (Wildman–Crippen MR) is 111 cm³/mol. The van der Waals surface area contributed by atoms with Crippen LogP contribution in [0.15, 0.2) is 34.8 Å². The average Bonchev–Trinajstić information content (AvgIpc) is 2.66. The summed E-state index contributed by atoms with van der Waals surface area (Å²) in [4.78, 5) is 2.10. The fourth-order valence-electron chi connectivity index (χ4n) is 3.38. The Morgan fingerprint density at radius 3 is 2.52 bits per heavy atom. The van der Waals surface area contributed by atoms with Gasteiger partial charge in [-0.15, -0.1) is 0 Å². The molecular weight excluding hydrogens is 408 g/mol. The van der Waals surface area contributed by atoms with Crippen molar-refractivity contribution in [2.45, 2.75) is 12.5 Å². The molecule has 0 aromatic heterocycles. The lowest BCUT2D eigenvalue weighted by Crippen LogP contribution is -2.31. The Kier molecular flexibility index (Phi) is 6.63. The minimum atomic E-state index is 0.0447. The maximum atomic E-state index is 6.03. The third-order valence-corrected chi connectivity index (χ3v) is 5.27. The van der Waals surface area contributed by atoms with Crippen molar-refractivity contribution in [3.8, 4) is 17.2 Å².